The van der Waals surface area contributed by atoms with E-state index in [1.54, 1.807) is 0 Å². The zero-order valence-corrected chi connectivity index (χ0v) is 15.7. The third-order valence-electron chi connectivity index (χ3n) is 5.41. The molecule has 0 spiro atoms. The second-order valence-corrected chi connectivity index (χ2v) is 7.61. The summed E-state index contributed by atoms with van der Waals surface area (Å²) in [6.07, 6.45) is 3.02. The van der Waals surface area contributed by atoms with Crippen LogP contribution in [0.1, 0.15) is 43.0 Å². The van der Waals surface area contributed by atoms with Crippen LogP contribution in [0.25, 0.3) is 0 Å². The van der Waals surface area contributed by atoms with Gasteiger partial charge in [-0.05, 0) is 50.9 Å². The van der Waals surface area contributed by atoms with Gasteiger partial charge in [0.25, 0.3) is 5.92 Å². The standard InChI is InChI=1S/C20H27F3N2O2/c1-15-4-2-8-25(15)9-3-11-27-19-6-5-16(12-17(19)21)18(26)13-24-10-7-20(22,23)14-24/h5-6,12,15H,2-4,7-11,13-14H2,1H3/t15-/m1/s1. The SMILES string of the molecule is C[C@@H]1CCCN1CCCOc1ccc(C(=O)CN2CCC(F)(F)C2)cc1F. The van der Waals surface area contributed by atoms with Gasteiger partial charge in [-0.2, -0.15) is 0 Å². The number of likely N-dealkylation sites (tertiary alicyclic amines) is 2. The van der Waals surface area contributed by atoms with Crippen LogP contribution in [-0.2, 0) is 0 Å². The van der Waals surface area contributed by atoms with E-state index in [0.717, 1.165) is 25.6 Å². The first-order chi connectivity index (χ1) is 12.8. The smallest absolute Gasteiger partial charge is 0.261 e. The number of nitrogens with zero attached hydrogens (tertiary/aromatic N) is 2. The van der Waals surface area contributed by atoms with E-state index in [0.29, 0.717) is 12.6 Å². The van der Waals surface area contributed by atoms with Gasteiger partial charge in [-0.3, -0.25) is 9.69 Å². The fourth-order valence-electron chi connectivity index (χ4n) is 3.80. The number of carbonyl (C=O) groups is 1. The third-order valence-corrected chi connectivity index (χ3v) is 5.41. The van der Waals surface area contributed by atoms with Crippen molar-refractivity contribution >= 4 is 5.78 Å². The molecule has 0 aliphatic carbocycles. The van der Waals surface area contributed by atoms with Crippen molar-refractivity contribution in [1.82, 2.24) is 9.80 Å². The summed E-state index contributed by atoms with van der Waals surface area (Å²) in [5.41, 5.74) is 0.181. The van der Waals surface area contributed by atoms with Crippen molar-refractivity contribution in [3.63, 3.8) is 0 Å². The van der Waals surface area contributed by atoms with Crippen molar-refractivity contribution in [2.45, 2.75) is 44.6 Å². The van der Waals surface area contributed by atoms with Crippen LogP contribution in [-0.4, -0.2) is 66.9 Å². The fourth-order valence-corrected chi connectivity index (χ4v) is 3.80. The molecule has 0 N–H and O–H groups in total. The Morgan fingerprint density at radius 2 is 2.15 bits per heavy atom. The second-order valence-electron chi connectivity index (χ2n) is 7.61. The van der Waals surface area contributed by atoms with E-state index >= 15 is 0 Å². The quantitative estimate of drug-likeness (QED) is 0.506. The molecule has 2 aliphatic rings. The summed E-state index contributed by atoms with van der Waals surface area (Å²) in [5.74, 6) is -3.58. The molecule has 0 saturated carbocycles. The van der Waals surface area contributed by atoms with Gasteiger partial charge < -0.3 is 9.64 Å². The summed E-state index contributed by atoms with van der Waals surface area (Å²) in [6.45, 7) is 4.30. The average molecular weight is 384 g/mol. The molecule has 0 amide bonds. The number of benzene rings is 1. The molecule has 2 heterocycles. The Kier molecular flexibility index (Phi) is 6.42. The lowest BCUT2D eigenvalue weighted by Gasteiger charge is -2.20. The maximum Gasteiger partial charge on any atom is 0.261 e. The highest BCUT2D eigenvalue weighted by molar-refractivity contribution is 5.97. The van der Waals surface area contributed by atoms with Crippen molar-refractivity contribution < 1.29 is 22.7 Å². The number of halogens is 3. The number of hydrogen-bond donors (Lipinski definition) is 0. The van der Waals surface area contributed by atoms with Crippen LogP contribution in [0.2, 0.25) is 0 Å². The van der Waals surface area contributed by atoms with E-state index in [1.165, 1.54) is 29.9 Å². The van der Waals surface area contributed by atoms with Gasteiger partial charge in [0.15, 0.2) is 17.3 Å². The predicted molar refractivity (Wildman–Crippen MR) is 97.1 cm³/mol. The summed E-state index contributed by atoms with van der Waals surface area (Å²) in [7, 11) is 0. The molecule has 27 heavy (non-hydrogen) atoms. The molecule has 2 aliphatic heterocycles. The Balaban J connectivity index is 1.46. The molecule has 0 radical (unpaired) electrons. The van der Waals surface area contributed by atoms with Gasteiger partial charge in [0.2, 0.25) is 0 Å². The number of ketones is 1. The van der Waals surface area contributed by atoms with Crippen LogP contribution in [0.5, 0.6) is 5.75 Å². The van der Waals surface area contributed by atoms with Gasteiger partial charge >= 0.3 is 0 Å². The van der Waals surface area contributed by atoms with Crippen molar-refractivity contribution in [3.05, 3.63) is 29.6 Å². The Bertz CT molecular complexity index is 669. The summed E-state index contributed by atoms with van der Waals surface area (Å²) < 4.78 is 46.1. The van der Waals surface area contributed by atoms with Gasteiger partial charge in [0, 0.05) is 31.1 Å². The molecule has 1 aromatic carbocycles. The zero-order chi connectivity index (χ0) is 19.4. The molecule has 2 fully saturated rings. The van der Waals surface area contributed by atoms with Crippen LogP contribution in [0.3, 0.4) is 0 Å². The first-order valence-corrected chi connectivity index (χ1v) is 9.64. The lowest BCUT2D eigenvalue weighted by Crippen LogP contribution is -2.30. The van der Waals surface area contributed by atoms with Crippen LogP contribution < -0.4 is 4.74 Å². The zero-order valence-electron chi connectivity index (χ0n) is 15.7. The molecule has 7 heteroatoms. The molecule has 2 saturated heterocycles. The molecule has 1 aromatic rings. The largest absolute Gasteiger partial charge is 0.490 e. The van der Waals surface area contributed by atoms with Crippen LogP contribution >= 0.6 is 0 Å². The van der Waals surface area contributed by atoms with Gasteiger partial charge in [-0.25, -0.2) is 13.2 Å². The van der Waals surface area contributed by atoms with Crippen molar-refractivity contribution in [2.75, 3.05) is 39.3 Å². The molecule has 3 rings (SSSR count). The summed E-state index contributed by atoms with van der Waals surface area (Å²) in [4.78, 5) is 16.0. The molecular formula is C20H27F3N2O2. The minimum Gasteiger partial charge on any atom is -0.490 e. The maximum atomic E-state index is 14.2. The number of ether oxygens (including phenoxy) is 1. The van der Waals surface area contributed by atoms with Crippen molar-refractivity contribution in [1.29, 1.82) is 0 Å². The molecule has 1 atom stereocenters. The fraction of sp³-hybridized carbons (Fsp3) is 0.650. The molecule has 0 aromatic heterocycles. The first-order valence-electron chi connectivity index (χ1n) is 9.64. The second kappa shape index (κ2) is 8.61. The number of rotatable bonds is 8. The lowest BCUT2D eigenvalue weighted by molar-refractivity contribution is 0.0127. The Hall–Kier alpha value is -1.60. The minimum absolute atomic E-state index is 0.119. The summed E-state index contributed by atoms with van der Waals surface area (Å²) in [5, 5.41) is 0. The third kappa shape index (κ3) is 5.45. The normalized spacial score (nSPS) is 23.0. The predicted octanol–water partition coefficient (Wildman–Crippen LogP) is 3.60. The first kappa shape index (κ1) is 20.1. The monoisotopic (exact) mass is 384 g/mol. The molecule has 150 valence electrons. The van der Waals surface area contributed by atoms with Crippen LogP contribution in [0, 0.1) is 5.82 Å². The summed E-state index contributed by atoms with van der Waals surface area (Å²) in [6, 6.07) is 4.67. The average Bonchev–Trinajstić information content (AvgIpc) is 3.17. The van der Waals surface area contributed by atoms with Gasteiger partial charge in [0.05, 0.1) is 19.7 Å². The highest BCUT2D eigenvalue weighted by Crippen LogP contribution is 2.27. The molecule has 4 nitrogen and oxygen atoms in total. The minimum atomic E-state index is -2.74. The number of hydrogen-bond acceptors (Lipinski definition) is 4. The number of Topliss-reactive ketones (excluding diaryl/α,β-unsaturated/α-hetero) is 1. The van der Waals surface area contributed by atoms with E-state index in [4.69, 9.17) is 4.74 Å². The van der Waals surface area contributed by atoms with Crippen molar-refractivity contribution in [2.24, 2.45) is 0 Å². The Morgan fingerprint density at radius 1 is 1.33 bits per heavy atom. The molecular weight excluding hydrogens is 357 g/mol. The highest BCUT2D eigenvalue weighted by Gasteiger charge is 2.38. The van der Waals surface area contributed by atoms with E-state index < -0.39 is 18.3 Å². The Labute approximate surface area is 158 Å². The van der Waals surface area contributed by atoms with Gasteiger partial charge in [0.1, 0.15) is 0 Å². The maximum absolute atomic E-state index is 14.2. The van der Waals surface area contributed by atoms with Crippen LogP contribution in [0.15, 0.2) is 18.2 Å². The molecule has 0 unspecified atom stereocenters. The number of alkyl halides is 2. The lowest BCUT2D eigenvalue weighted by atomic mass is 10.1. The van der Waals surface area contributed by atoms with Gasteiger partial charge in [-0.1, -0.05) is 0 Å². The van der Waals surface area contributed by atoms with Crippen molar-refractivity contribution in [3.8, 4) is 5.75 Å². The van der Waals surface area contributed by atoms with Gasteiger partial charge in [-0.15, -0.1) is 0 Å². The number of carbonyl (C=O) groups excluding carboxylic acids is 1. The Morgan fingerprint density at radius 3 is 2.78 bits per heavy atom. The summed E-state index contributed by atoms with van der Waals surface area (Å²) >= 11 is 0. The highest BCUT2D eigenvalue weighted by atomic mass is 19.3. The van der Waals surface area contributed by atoms with E-state index in [-0.39, 0.29) is 36.6 Å². The van der Waals surface area contributed by atoms with E-state index in [9.17, 15) is 18.0 Å². The topological polar surface area (TPSA) is 32.8 Å². The van der Waals surface area contributed by atoms with Crippen LogP contribution in [0.4, 0.5) is 13.2 Å². The molecule has 0 bridgehead atoms. The van der Waals surface area contributed by atoms with E-state index in [1.807, 2.05) is 0 Å². The van der Waals surface area contributed by atoms with E-state index in [2.05, 4.69) is 11.8 Å².